The average Bonchev–Trinajstić information content (AvgIpc) is 1.94. The molecule has 0 aromatic rings. The summed E-state index contributed by atoms with van der Waals surface area (Å²) >= 11 is 0. The van der Waals surface area contributed by atoms with E-state index in [1.807, 2.05) is 26.0 Å². The monoisotopic (exact) mass is 140 g/mol. The normalized spacial score (nSPS) is 19.0. The molecule has 0 unspecified atom stereocenters. The molecule has 56 valence electrons. The zero-order valence-corrected chi connectivity index (χ0v) is 6.39. The van der Waals surface area contributed by atoms with Gasteiger partial charge in [0.05, 0.1) is 0 Å². The van der Waals surface area contributed by atoms with Gasteiger partial charge in [0.1, 0.15) is 19.0 Å². The molecule has 1 aliphatic heterocycles. The Labute approximate surface area is 61.1 Å². The van der Waals surface area contributed by atoms with Gasteiger partial charge >= 0.3 is 0 Å². The van der Waals surface area contributed by atoms with Gasteiger partial charge in [-0.3, -0.25) is 0 Å². The second-order valence-corrected chi connectivity index (χ2v) is 2.12. The molecule has 2 heteroatoms. The highest BCUT2D eigenvalue weighted by molar-refractivity contribution is 5.15. The summed E-state index contributed by atoms with van der Waals surface area (Å²) in [5.74, 6) is 1.73. The highest BCUT2D eigenvalue weighted by Gasteiger charge is 2.06. The highest BCUT2D eigenvalue weighted by Crippen LogP contribution is 2.13. The van der Waals surface area contributed by atoms with E-state index in [1.165, 1.54) is 0 Å². The summed E-state index contributed by atoms with van der Waals surface area (Å²) in [6.07, 6.45) is 3.85. The van der Waals surface area contributed by atoms with E-state index in [1.54, 1.807) is 0 Å². The van der Waals surface area contributed by atoms with Gasteiger partial charge in [0.25, 0.3) is 0 Å². The van der Waals surface area contributed by atoms with Crippen LogP contribution in [0.15, 0.2) is 23.7 Å². The summed E-state index contributed by atoms with van der Waals surface area (Å²) in [5, 5.41) is 0. The number of hydrogen-bond acceptors (Lipinski definition) is 2. The van der Waals surface area contributed by atoms with Crippen LogP contribution in [0.25, 0.3) is 0 Å². The van der Waals surface area contributed by atoms with Crippen molar-refractivity contribution >= 4 is 0 Å². The Morgan fingerprint density at radius 1 is 1.30 bits per heavy atom. The molecule has 0 amide bonds. The molecule has 0 fully saturated rings. The highest BCUT2D eigenvalue weighted by atomic mass is 16.6. The van der Waals surface area contributed by atoms with E-state index < -0.39 is 0 Å². The van der Waals surface area contributed by atoms with Crippen LogP contribution in [-0.4, -0.2) is 13.2 Å². The lowest BCUT2D eigenvalue weighted by molar-refractivity contribution is 0.0708. The third-order valence-electron chi connectivity index (χ3n) is 1.32. The SMILES string of the molecule is C/C=C\C1=C(C)OCCO1. The van der Waals surface area contributed by atoms with Crippen molar-refractivity contribution in [2.75, 3.05) is 13.2 Å². The van der Waals surface area contributed by atoms with Crippen molar-refractivity contribution in [3.63, 3.8) is 0 Å². The minimum Gasteiger partial charge on any atom is -0.491 e. The van der Waals surface area contributed by atoms with Crippen LogP contribution in [0, 0.1) is 0 Å². The van der Waals surface area contributed by atoms with Crippen LogP contribution < -0.4 is 0 Å². The van der Waals surface area contributed by atoms with E-state index in [2.05, 4.69) is 0 Å². The van der Waals surface area contributed by atoms with Gasteiger partial charge in [0, 0.05) is 0 Å². The van der Waals surface area contributed by atoms with Crippen LogP contribution in [0.4, 0.5) is 0 Å². The third-order valence-corrected chi connectivity index (χ3v) is 1.32. The number of allylic oxidation sites excluding steroid dienone is 3. The van der Waals surface area contributed by atoms with Crippen molar-refractivity contribution in [2.45, 2.75) is 13.8 Å². The molecule has 0 N–H and O–H groups in total. The first-order valence-corrected chi connectivity index (χ1v) is 3.43. The molecule has 0 aliphatic carbocycles. The van der Waals surface area contributed by atoms with Crippen molar-refractivity contribution in [1.29, 1.82) is 0 Å². The third kappa shape index (κ3) is 1.53. The largest absolute Gasteiger partial charge is 0.491 e. The van der Waals surface area contributed by atoms with E-state index >= 15 is 0 Å². The van der Waals surface area contributed by atoms with Crippen LogP contribution in [-0.2, 0) is 9.47 Å². The standard InChI is InChI=1S/C8H12O2/c1-3-4-8-7(2)9-5-6-10-8/h3-4H,5-6H2,1-2H3/b4-3-. The van der Waals surface area contributed by atoms with Gasteiger partial charge in [-0.15, -0.1) is 0 Å². The fraction of sp³-hybridized carbons (Fsp3) is 0.500. The molecule has 0 atom stereocenters. The van der Waals surface area contributed by atoms with Crippen LogP contribution in [0.3, 0.4) is 0 Å². The number of ether oxygens (including phenoxy) is 2. The Kier molecular flexibility index (Phi) is 2.37. The first kappa shape index (κ1) is 7.19. The molecule has 0 bridgehead atoms. The molecule has 1 rings (SSSR count). The van der Waals surface area contributed by atoms with Gasteiger partial charge in [0.2, 0.25) is 0 Å². The zero-order valence-electron chi connectivity index (χ0n) is 6.39. The predicted octanol–water partition coefficient (Wildman–Crippen LogP) is 1.84. The maximum Gasteiger partial charge on any atom is 0.156 e. The van der Waals surface area contributed by atoms with Crippen LogP contribution in [0.1, 0.15) is 13.8 Å². The molecular formula is C8H12O2. The minimum absolute atomic E-state index is 0.664. The number of rotatable bonds is 1. The van der Waals surface area contributed by atoms with Crippen molar-refractivity contribution in [3.8, 4) is 0 Å². The molecule has 2 nitrogen and oxygen atoms in total. The van der Waals surface area contributed by atoms with Gasteiger partial charge in [-0.25, -0.2) is 0 Å². The van der Waals surface area contributed by atoms with Gasteiger partial charge in [-0.1, -0.05) is 6.08 Å². The minimum atomic E-state index is 0.664. The van der Waals surface area contributed by atoms with Crippen molar-refractivity contribution in [3.05, 3.63) is 23.7 Å². The second kappa shape index (κ2) is 3.30. The topological polar surface area (TPSA) is 18.5 Å². The second-order valence-electron chi connectivity index (χ2n) is 2.12. The van der Waals surface area contributed by atoms with Gasteiger partial charge in [-0.05, 0) is 19.9 Å². The van der Waals surface area contributed by atoms with E-state index in [4.69, 9.17) is 9.47 Å². The molecule has 0 saturated carbocycles. The molecular weight excluding hydrogens is 128 g/mol. The molecule has 10 heavy (non-hydrogen) atoms. The summed E-state index contributed by atoms with van der Waals surface area (Å²) in [5.41, 5.74) is 0. The van der Waals surface area contributed by atoms with Gasteiger partial charge < -0.3 is 9.47 Å². The Hall–Kier alpha value is -0.920. The van der Waals surface area contributed by atoms with E-state index in [9.17, 15) is 0 Å². The summed E-state index contributed by atoms with van der Waals surface area (Å²) < 4.78 is 10.5. The lowest BCUT2D eigenvalue weighted by Gasteiger charge is -2.17. The Balaban J connectivity index is 2.68. The first-order chi connectivity index (χ1) is 4.84. The molecule has 1 aliphatic rings. The Morgan fingerprint density at radius 2 is 2.00 bits per heavy atom. The first-order valence-electron chi connectivity index (χ1n) is 3.43. The molecule has 1 heterocycles. The van der Waals surface area contributed by atoms with Gasteiger partial charge in [0.15, 0.2) is 5.76 Å². The molecule has 0 radical (unpaired) electrons. The fourth-order valence-electron chi connectivity index (χ4n) is 0.836. The maximum atomic E-state index is 5.30. The lowest BCUT2D eigenvalue weighted by atomic mass is 10.3. The summed E-state index contributed by atoms with van der Waals surface area (Å²) in [6.45, 7) is 5.20. The lowest BCUT2D eigenvalue weighted by Crippen LogP contribution is -2.10. The Bertz CT molecular complexity index is 168. The van der Waals surface area contributed by atoms with E-state index in [0.717, 1.165) is 11.5 Å². The Morgan fingerprint density at radius 3 is 2.60 bits per heavy atom. The molecule has 0 saturated heterocycles. The van der Waals surface area contributed by atoms with Crippen molar-refractivity contribution in [1.82, 2.24) is 0 Å². The number of hydrogen-bond donors (Lipinski definition) is 0. The quantitative estimate of drug-likeness (QED) is 0.553. The van der Waals surface area contributed by atoms with Crippen LogP contribution in [0.5, 0.6) is 0 Å². The fourth-order valence-corrected chi connectivity index (χ4v) is 0.836. The summed E-state index contributed by atoms with van der Waals surface area (Å²) in [7, 11) is 0. The smallest absolute Gasteiger partial charge is 0.156 e. The van der Waals surface area contributed by atoms with Crippen molar-refractivity contribution in [2.24, 2.45) is 0 Å². The summed E-state index contributed by atoms with van der Waals surface area (Å²) in [4.78, 5) is 0. The van der Waals surface area contributed by atoms with E-state index in [-0.39, 0.29) is 0 Å². The van der Waals surface area contributed by atoms with Gasteiger partial charge in [-0.2, -0.15) is 0 Å². The van der Waals surface area contributed by atoms with Crippen molar-refractivity contribution < 1.29 is 9.47 Å². The summed E-state index contributed by atoms with van der Waals surface area (Å²) in [6, 6.07) is 0. The predicted molar refractivity (Wildman–Crippen MR) is 39.4 cm³/mol. The average molecular weight is 140 g/mol. The van der Waals surface area contributed by atoms with Crippen LogP contribution in [0.2, 0.25) is 0 Å². The molecule has 0 spiro atoms. The molecule has 0 aromatic carbocycles. The van der Waals surface area contributed by atoms with Crippen LogP contribution >= 0.6 is 0 Å². The molecule has 0 aromatic heterocycles. The zero-order chi connectivity index (χ0) is 7.40. The maximum absolute atomic E-state index is 5.30. The van der Waals surface area contributed by atoms with E-state index in [0.29, 0.717) is 13.2 Å².